The van der Waals surface area contributed by atoms with Gasteiger partial charge in [0.25, 0.3) is 0 Å². The van der Waals surface area contributed by atoms with Crippen molar-refractivity contribution in [2.45, 2.75) is 38.3 Å². The molecule has 1 amide bonds. The highest BCUT2D eigenvalue weighted by Gasteiger charge is 2.46. The van der Waals surface area contributed by atoms with E-state index in [1.54, 1.807) is 12.1 Å². The van der Waals surface area contributed by atoms with Crippen molar-refractivity contribution >= 4 is 11.7 Å². The Morgan fingerprint density at radius 1 is 1.28 bits per heavy atom. The minimum atomic E-state index is -0.921. The van der Waals surface area contributed by atoms with E-state index in [-0.39, 0.29) is 18.6 Å². The zero-order valence-corrected chi connectivity index (χ0v) is 18.1. The number of pyridine rings is 1. The number of nitrogens with one attached hydrogen (secondary N) is 1. The molecule has 2 heterocycles. The summed E-state index contributed by atoms with van der Waals surface area (Å²) in [6.45, 7) is 5.02. The second-order valence-corrected chi connectivity index (χ2v) is 7.44. The molecule has 0 bridgehead atoms. The highest BCUT2D eigenvalue weighted by molar-refractivity contribution is 5.78. The van der Waals surface area contributed by atoms with Gasteiger partial charge in [-0.05, 0) is 42.7 Å². The van der Waals surface area contributed by atoms with Gasteiger partial charge in [0, 0.05) is 19.3 Å². The molecule has 0 saturated heterocycles. The molecule has 1 N–H and O–H groups in total. The first-order chi connectivity index (χ1) is 15.5. The molecule has 0 radical (unpaired) electrons. The lowest BCUT2D eigenvalue weighted by atomic mass is 10.1. The van der Waals surface area contributed by atoms with E-state index in [2.05, 4.69) is 10.3 Å². The van der Waals surface area contributed by atoms with Crippen LogP contribution in [0, 0.1) is 23.0 Å². The molecule has 1 aromatic carbocycles. The molecule has 168 valence electrons. The molecule has 1 atom stereocenters. The fraction of sp³-hybridized carbons (Fsp3) is 0.375. The van der Waals surface area contributed by atoms with Crippen molar-refractivity contribution in [1.29, 1.82) is 5.26 Å². The summed E-state index contributed by atoms with van der Waals surface area (Å²) in [4.78, 5) is 18.7. The van der Waals surface area contributed by atoms with Crippen LogP contribution in [0.3, 0.4) is 0 Å². The molecule has 2 aliphatic rings. The van der Waals surface area contributed by atoms with E-state index in [9.17, 15) is 13.6 Å². The molecular weight excluding hydrogens is 414 g/mol. The number of anilines is 1. The second kappa shape index (κ2) is 10.3. The Labute approximate surface area is 186 Å². The lowest BCUT2D eigenvalue weighted by molar-refractivity contribution is -0.129. The molecule has 1 saturated carbocycles. The first kappa shape index (κ1) is 23.4. The van der Waals surface area contributed by atoms with Gasteiger partial charge in [-0.2, -0.15) is 5.26 Å². The van der Waals surface area contributed by atoms with Gasteiger partial charge < -0.3 is 15.0 Å². The summed E-state index contributed by atoms with van der Waals surface area (Å²) in [5, 5.41) is 11.8. The molecule has 1 aromatic heterocycles. The lowest BCUT2D eigenvalue weighted by Gasteiger charge is -2.30. The molecule has 2 aromatic rings. The maximum absolute atomic E-state index is 13.5. The van der Waals surface area contributed by atoms with Crippen LogP contribution in [0.15, 0.2) is 48.7 Å². The molecule has 32 heavy (non-hydrogen) atoms. The third kappa shape index (κ3) is 5.48. The SMILES string of the molecule is CC.N#Cc1ccc(N2CC=CC(NC(=O)COC3(c4ccc(F)c(F)c4)CC3)C2)nc1. The Balaban J connectivity index is 0.00000141. The van der Waals surface area contributed by atoms with Gasteiger partial charge in [0.2, 0.25) is 5.91 Å². The van der Waals surface area contributed by atoms with Crippen molar-refractivity contribution in [3.8, 4) is 6.07 Å². The van der Waals surface area contributed by atoms with Gasteiger partial charge in [-0.25, -0.2) is 13.8 Å². The quantitative estimate of drug-likeness (QED) is 0.691. The van der Waals surface area contributed by atoms with Gasteiger partial charge >= 0.3 is 0 Å². The number of carbonyl (C=O) groups is 1. The molecule has 1 fully saturated rings. The maximum Gasteiger partial charge on any atom is 0.246 e. The second-order valence-electron chi connectivity index (χ2n) is 7.44. The summed E-state index contributed by atoms with van der Waals surface area (Å²) in [6, 6.07) is 9.00. The highest BCUT2D eigenvalue weighted by Crippen LogP contribution is 2.49. The Morgan fingerprint density at radius 3 is 2.69 bits per heavy atom. The summed E-state index contributed by atoms with van der Waals surface area (Å²) in [5.74, 6) is -1.38. The number of benzene rings is 1. The average Bonchev–Trinajstić information content (AvgIpc) is 3.62. The van der Waals surface area contributed by atoms with E-state index in [0.717, 1.165) is 18.0 Å². The summed E-state index contributed by atoms with van der Waals surface area (Å²) >= 11 is 0. The van der Waals surface area contributed by atoms with Crippen molar-refractivity contribution < 1.29 is 18.3 Å². The van der Waals surface area contributed by atoms with Gasteiger partial charge in [-0.1, -0.05) is 32.1 Å². The molecule has 1 unspecified atom stereocenters. The number of halogens is 2. The average molecular weight is 440 g/mol. The predicted octanol–water partition coefficient (Wildman–Crippen LogP) is 3.82. The van der Waals surface area contributed by atoms with Gasteiger partial charge in [-0.15, -0.1) is 0 Å². The first-order valence-electron chi connectivity index (χ1n) is 10.7. The molecule has 1 aliphatic carbocycles. The molecule has 0 spiro atoms. The number of ether oxygens (including phenoxy) is 1. The molecule has 1 aliphatic heterocycles. The van der Waals surface area contributed by atoms with E-state index in [1.165, 1.54) is 12.3 Å². The van der Waals surface area contributed by atoms with Crippen LogP contribution in [0.2, 0.25) is 0 Å². The van der Waals surface area contributed by atoms with Crippen molar-refractivity contribution in [3.63, 3.8) is 0 Å². The van der Waals surface area contributed by atoms with Crippen LogP contribution in [0.25, 0.3) is 0 Å². The Kier molecular flexibility index (Phi) is 7.54. The van der Waals surface area contributed by atoms with Crippen molar-refractivity contribution in [1.82, 2.24) is 10.3 Å². The van der Waals surface area contributed by atoms with E-state index < -0.39 is 17.2 Å². The Hall–Kier alpha value is -3.31. The van der Waals surface area contributed by atoms with Gasteiger partial charge in [0.1, 0.15) is 18.5 Å². The van der Waals surface area contributed by atoms with Crippen LogP contribution in [0.1, 0.15) is 37.8 Å². The Bertz CT molecular complexity index is 1010. The number of hydrogen-bond acceptors (Lipinski definition) is 5. The van der Waals surface area contributed by atoms with Crippen LogP contribution >= 0.6 is 0 Å². The fourth-order valence-corrected chi connectivity index (χ4v) is 3.51. The van der Waals surface area contributed by atoms with E-state index in [4.69, 9.17) is 10.00 Å². The summed E-state index contributed by atoms with van der Waals surface area (Å²) in [6.07, 6.45) is 6.70. The number of rotatable bonds is 6. The molecule has 4 rings (SSSR count). The smallest absolute Gasteiger partial charge is 0.246 e. The van der Waals surface area contributed by atoms with Crippen LogP contribution in [-0.4, -0.2) is 36.6 Å². The van der Waals surface area contributed by atoms with Gasteiger partial charge in [0.05, 0.1) is 17.2 Å². The van der Waals surface area contributed by atoms with Gasteiger partial charge in [0.15, 0.2) is 11.6 Å². The standard InChI is InChI=1S/C22H20F2N4O2.C2H6/c23-18-5-4-16(10-19(18)24)22(7-8-22)30-14-21(29)27-17-2-1-9-28(13-17)20-6-3-15(11-25)12-26-20;1-2/h1-6,10,12,17H,7-9,13-14H2,(H,27,29);1-2H3. The zero-order valence-electron chi connectivity index (χ0n) is 18.1. The van der Waals surface area contributed by atoms with E-state index in [1.807, 2.05) is 37.0 Å². The van der Waals surface area contributed by atoms with Crippen LogP contribution in [0.5, 0.6) is 0 Å². The summed E-state index contributed by atoms with van der Waals surface area (Å²) in [7, 11) is 0. The first-order valence-corrected chi connectivity index (χ1v) is 10.7. The molecular formula is C24H26F2N4O2. The molecule has 8 heteroatoms. The number of carbonyl (C=O) groups excluding carboxylic acids is 1. The summed E-state index contributed by atoms with van der Waals surface area (Å²) in [5.41, 5.74) is 0.320. The fourth-order valence-electron chi connectivity index (χ4n) is 3.51. The Morgan fingerprint density at radius 2 is 2.06 bits per heavy atom. The normalized spacial score (nSPS) is 18.2. The van der Waals surface area contributed by atoms with Crippen LogP contribution in [-0.2, 0) is 15.1 Å². The zero-order chi connectivity index (χ0) is 23.1. The van der Waals surface area contributed by atoms with Crippen molar-refractivity contribution in [2.75, 3.05) is 24.6 Å². The van der Waals surface area contributed by atoms with Crippen LogP contribution in [0.4, 0.5) is 14.6 Å². The minimum absolute atomic E-state index is 0.168. The number of nitrogens with zero attached hydrogens (tertiary/aromatic N) is 3. The number of nitriles is 1. The minimum Gasteiger partial charge on any atom is -0.360 e. The number of hydrogen-bond donors (Lipinski definition) is 1. The topological polar surface area (TPSA) is 78.2 Å². The summed E-state index contributed by atoms with van der Waals surface area (Å²) < 4.78 is 32.5. The van der Waals surface area contributed by atoms with E-state index >= 15 is 0 Å². The number of amides is 1. The highest BCUT2D eigenvalue weighted by atomic mass is 19.2. The van der Waals surface area contributed by atoms with Crippen LogP contribution < -0.4 is 10.2 Å². The van der Waals surface area contributed by atoms with Gasteiger partial charge in [-0.3, -0.25) is 4.79 Å². The number of aromatic nitrogens is 1. The third-order valence-electron chi connectivity index (χ3n) is 5.29. The largest absolute Gasteiger partial charge is 0.360 e. The maximum atomic E-state index is 13.5. The van der Waals surface area contributed by atoms with Crippen molar-refractivity contribution in [3.05, 3.63) is 71.4 Å². The van der Waals surface area contributed by atoms with Crippen molar-refractivity contribution in [2.24, 2.45) is 0 Å². The monoisotopic (exact) mass is 440 g/mol. The third-order valence-corrected chi connectivity index (χ3v) is 5.29. The van der Waals surface area contributed by atoms with E-state index in [0.29, 0.717) is 37.1 Å². The predicted molar refractivity (Wildman–Crippen MR) is 117 cm³/mol. The molecule has 6 nitrogen and oxygen atoms in total. The lowest BCUT2D eigenvalue weighted by Crippen LogP contribution is -2.46.